The van der Waals surface area contributed by atoms with Crippen molar-refractivity contribution in [2.45, 2.75) is 26.8 Å². The minimum Gasteiger partial charge on any atom is -0.374 e. The first-order chi connectivity index (χ1) is 8.08. The maximum atomic E-state index is 3.63. The first-order valence-electron chi connectivity index (χ1n) is 6.22. The van der Waals surface area contributed by atoms with Gasteiger partial charge in [-0.3, -0.25) is 0 Å². The van der Waals surface area contributed by atoms with Crippen molar-refractivity contribution in [1.29, 1.82) is 0 Å². The molecule has 0 bridgehead atoms. The zero-order valence-electron chi connectivity index (χ0n) is 11.3. The zero-order chi connectivity index (χ0) is 12.8. The highest BCUT2D eigenvalue weighted by molar-refractivity contribution is 9.10. The fourth-order valence-corrected chi connectivity index (χ4v) is 2.32. The van der Waals surface area contributed by atoms with Gasteiger partial charge in [-0.05, 0) is 30.7 Å². The molecule has 0 radical (unpaired) electrons. The van der Waals surface area contributed by atoms with Crippen LogP contribution in [0.15, 0.2) is 22.7 Å². The van der Waals surface area contributed by atoms with Crippen LogP contribution in [0.5, 0.6) is 0 Å². The third kappa shape index (κ3) is 4.32. The van der Waals surface area contributed by atoms with E-state index in [1.807, 2.05) is 7.05 Å². The highest BCUT2D eigenvalue weighted by atomic mass is 79.9. The fraction of sp³-hybridized carbons (Fsp3) is 0.571. The van der Waals surface area contributed by atoms with E-state index < -0.39 is 0 Å². The van der Waals surface area contributed by atoms with E-state index in [9.17, 15) is 0 Å². The zero-order valence-corrected chi connectivity index (χ0v) is 12.8. The molecule has 2 nitrogen and oxygen atoms in total. The maximum Gasteiger partial charge on any atom is 0.0375 e. The first-order valence-corrected chi connectivity index (χ1v) is 7.02. The standard InChI is InChI=1S/C14H23BrN2/c1-5-11(2)10-17(4)13-7-6-12(9-16-3)14(15)8-13/h6-8,11,16H,5,9-10H2,1-4H3. The van der Waals surface area contributed by atoms with E-state index >= 15 is 0 Å². The normalized spacial score (nSPS) is 12.5. The minimum atomic E-state index is 0.732. The molecule has 1 rings (SSSR count). The third-order valence-electron chi connectivity index (χ3n) is 3.13. The van der Waals surface area contributed by atoms with Crippen molar-refractivity contribution < 1.29 is 0 Å². The molecule has 0 saturated heterocycles. The van der Waals surface area contributed by atoms with E-state index in [1.54, 1.807) is 0 Å². The molecule has 0 aliphatic heterocycles. The molecule has 0 fully saturated rings. The second kappa shape index (κ2) is 7.02. The Hall–Kier alpha value is -0.540. The van der Waals surface area contributed by atoms with Gasteiger partial charge in [0.25, 0.3) is 0 Å². The molecule has 1 aromatic carbocycles. The number of hydrogen-bond donors (Lipinski definition) is 1. The molecular formula is C14H23BrN2. The molecular weight excluding hydrogens is 276 g/mol. The molecule has 0 saturated carbocycles. The Morgan fingerprint density at radius 3 is 2.65 bits per heavy atom. The van der Waals surface area contributed by atoms with Gasteiger partial charge in [-0.15, -0.1) is 0 Å². The van der Waals surface area contributed by atoms with E-state index in [2.05, 4.69) is 65.2 Å². The highest BCUT2D eigenvalue weighted by Gasteiger charge is 2.07. The summed E-state index contributed by atoms with van der Waals surface area (Å²) in [5.41, 5.74) is 2.57. The van der Waals surface area contributed by atoms with Gasteiger partial charge in [0.05, 0.1) is 0 Å². The van der Waals surface area contributed by atoms with Crippen molar-refractivity contribution in [3.8, 4) is 0 Å². The van der Waals surface area contributed by atoms with Crippen LogP contribution in [-0.2, 0) is 6.54 Å². The Morgan fingerprint density at radius 2 is 2.12 bits per heavy atom. The lowest BCUT2D eigenvalue weighted by Gasteiger charge is -2.23. The van der Waals surface area contributed by atoms with Gasteiger partial charge in [0.15, 0.2) is 0 Å². The number of halogens is 1. The second-order valence-electron chi connectivity index (χ2n) is 4.70. The van der Waals surface area contributed by atoms with Crippen LogP contribution < -0.4 is 10.2 Å². The number of nitrogens with zero attached hydrogens (tertiary/aromatic N) is 1. The number of benzene rings is 1. The molecule has 0 spiro atoms. The van der Waals surface area contributed by atoms with Crippen LogP contribution in [-0.4, -0.2) is 20.6 Å². The Labute approximate surface area is 114 Å². The van der Waals surface area contributed by atoms with E-state index in [-0.39, 0.29) is 0 Å². The quantitative estimate of drug-likeness (QED) is 0.862. The molecule has 0 aliphatic rings. The van der Waals surface area contributed by atoms with Gasteiger partial charge < -0.3 is 10.2 Å². The van der Waals surface area contributed by atoms with Crippen LogP contribution in [0.3, 0.4) is 0 Å². The molecule has 1 aromatic rings. The highest BCUT2D eigenvalue weighted by Crippen LogP contribution is 2.24. The Kier molecular flexibility index (Phi) is 6.00. The topological polar surface area (TPSA) is 15.3 Å². The lowest BCUT2D eigenvalue weighted by Crippen LogP contribution is -2.23. The van der Waals surface area contributed by atoms with Gasteiger partial charge in [0.1, 0.15) is 0 Å². The second-order valence-corrected chi connectivity index (χ2v) is 5.55. The van der Waals surface area contributed by atoms with Crippen molar-refractivity contribution in [2.24, 2.45) is 5.92 Å². The molecule has 0 aromatic heterocycles. The van der Waals surface area contributed by atoms with Gasteiger partial charge in [-0.25, -0.2) is 0 Å². The lowest BCUT2D eigenvalue weighted by atomic mass is 10.1. The molecule has 0 amide bonds. The first kappa shape index (κ1) is 14.5. The van der Waals surface area contributed by atoms with Crippen molar-refractivity contribution in [2.75, 3.05) is 25.5 Å². The summed E-state index contributed by atoms with van der Waals surface area (Å²) in [6.45, 7) is 6.54. The maximum absolute atomic E-state index is 3.63. The molecule has 96 valence electrons. The van der Waals surface area contributed by atoms with E-state index in [0.717, 1.165) is 19.0 Å². The van der Waals surface area contributed by atoms with Gasteiger partial charge in [-0.1, -0.05) is 42.3 Å². The molecule has 3 heteroatoms. The Bertz CT molecular complexity index is 352. The summed E-state index contributed by atoms with van der Waals surface area (Å²) < 4.78 is 1.18. The molecule has 17 heavy (non-hydrogen) atoms. The van der Waals surface area contributed by atoms with Crippen molar-refractivity contribution >= 4 is 21.6 Å². The van der Waals surface area contributed by atoms with Crippen LogP contribution in [0.2, 0.25) is 0 Å². The van der Waals surface area contributed by atoms with Crippen LogP contribution in [0.4, 0.5) is 5.69 Å². The predicted octanol–water partition coefficient (Wildman–Crippen LogP) is 3.65. The summed E-state index contributed by atoms with van der Waals surface area (Å²) in [5, 5.41) is 3.17. The minimum absolute atomic E-state index is 0.732. The molecule has 1 atom stereocenters. The third-order valence-corrected chi connectivity index (χ3v) is 3.87. The van der Waals surface area contributed by atoms with Gasteiger partial charge in [0, 0.05) is 30.3 Å². The SMILES string of the molecule is CCC(C)CN(C)c1ccc(CNC)c(Br)c1. The number of hydrogen-bond acceptors (Lipinski definition) is 2. The summed E-state index contributed by atoms with van der Waals surface area (Å²) in [4.78, 5) is 2.32. The Balaban J connectivity index is 2.75. The van der Waals surface area contributed by atoms with Crippen molar-refractivity contribution in [3.63, 3.8) is 0 Å². The monoisotopic (exact) mass is 298 g/mol. The lowest BCUT2D eigenvalue weighted by molar-refractivity contribution is 0.560. The summed E-state index contributed by atoms with van der Waals surface area (Å²) in [6, 6.07) is 6.58. The predicted molar refractivity (Wildman–Crippen MR) is 79.6 cm³/mol. The van der Waals surface area contributed by atoms with E-state index in [1.165, 1.54) is 22.1 Å². The smallest absolute Gasteiger partial charge is 0.0375 e. The Morgan fingerprint density at radius 1 is 1.41 bits per heavy atom. The van der Waals surface area contributed by atoms with Crippen molar-refractivity contribution in [3.05, 3.63) is 28.2 Å². The van der Waals surface area contributed by atoms with Crippen LogP contribution in [0.25, 0.3) is 0 Å². The van der Waals surface area contributed by atoms with Crippen LogP contribution in [0.1, 0.15) is 25.8 Å². The van der Waals surface area contributed by atoms with Gasteiger partial charge in [-0.2, -0.15) is 0 Å². The summed E-state index contributed by atoms with van der Waals surface area (Å²) in [5.74, 6) is 0.732. The summed E-state index contributed by atoms with van der Waals surface area (Å²) in [7, 11) is 4.13. The van der Waals surface area contributed by atoms with E-state index in [4.69, 9.17) is 0 Å². The van der Waals surface area contributed by atoms with Crippen LogP contribution >= 0.6 is 15.9 Å². The summed E-state index contributed by atoms with van der Waals surface area (Å²) >= 11 is 3.63. The summed E-state index contributed by atoms with van der Waals surface area (Å²) in [6.07, 6.45) is 1.23. The average molecular weight is 299 g/mol. The van der Waals surface area contributed by atoms with Crippen LogP contribution in [0, 0.1) is 5.92 Å². The van der Waals surface area contributed by atoms with Gasteiger partial charge >= 0.3 is 0 Å². The fourth-order valence-electron chi connectivity index (χ4n) is 1.81. The van der Waals surface area contributed by atoms with E-state index in [0.29, 0.717) is 0 Å². The molecule has 0 heterocycles. The number of anilines is 1. The van der Waals surface area contributed by atoms with Gasteiger partial charge in [0.2, 0.25) is 0 Å². The molecule has 1 unspecified atom stereocenters. The molecule has 1 N–H and O–H groups in total. The molecule has 0 aliphatic carbocycles. The number of rotatable bonds is 6. The number of nitrogens with one attached hydrogen (secondary N) is 1. The average Bonchev–Trinajstić information content (AvgIpc) is 2.31. The van der Waals surface area contributed by atoms with Crippen molar-refractivity contribution in [1.82, 2.24) is 5.32 Å². The largest absolute Gasteiger partial charge is 0.374 e.